The molecule has 2 aromatic heterocycles. The topological polar surface area (TPSA) is 84.9 Å². The number of hydrogen-bond donors (Lipinski definition) is 1. The quantitative estimate of drug-likeness (QED) is 0.855. The van der Waals surface area contributed by atoms with Crippen molar-refractivity contribution in [2.24, 2.45) is 5.92 Å². The van der Waals surface area contributed by atoms with Gasteiger partial charge in [0.2, 0.25) is 0 Å². The van der Waals surface area contributed by atoms with Crippen LogP contribution in [0.15, 0.2) is 18.3 Å². The van der Waals surface area contributed by atoms with Crippen LogP contribution in [0.5, 0.6) is 0 Å². The standard InChI is InChI=1S/C14H16ClFN4O2S/c1-8-7-20(23(21)22)5-4-10(8)12-13(15)19-14(18-12)11-3-2-9(16)6-17-11/h2-3,6,8,10H,4-5,7H2,1H3,(H,18,19)(H,21,22)/p-1/t8-,10+/m0/s1. The van der Waals surface area contributed by atoms with Crippen molar-refractivity contribution in [2.75, 3.05) is 13.1 Å². The molecule has 9 heteroatoms. The van der Waals surface area contributed by atoms with Gasteiger partial charge in [-0.05, 0) is 24.5 Å². The molecule has 6 nitrogen and oxygen atoms in total. The minimum atomic E-state index is -2.20. The summed E-state index contributed by atoms with van der Waals surface area (Å²) in [5, 5.41) is 0.347. The van der Waals surface area contributed by atoms with E-state index in [0.29, 0.717) is 36.2 Å². The third-order valence-electron chi connectivity index (χ3n) is 4.10. The molecule has 1 unspecified atom stereocenters. The first-order valence-electron chi connectivity index (χ1n) is 7.17. The van der Waals surface area contributed by atoms with Gasteiger partial charge in [0.15, 0.2) is 11.0 Å². The van der Waals surface area contributed by atoms with E-state index in [1.807, 2.05) is 6.92 Å². The van der Waals surface area contributed by atoms with E-state index in [4.69, 9.17) is 11.6 Å². The van der Waals surface area contributed by atoms with Crippen molar-refractivity contribution in [3.63, 3.8) is 0 Å². The molecule has 2 aromatic rings. The number of hydrogen-bond acceptors (Lipinski definition) is 4. The number of piperidine rings is 1. The van der Waals surface area contributed by atoms with E-state index in [1.54, 1.807) is 0 Å². The summed E-state index contributed by atoms with van der Waals surface area (Å²) in [5.74, 6) is 0.253. The Morgan fingerprint density at radius 2 is 2.30 bits per heavy atom. The lowest BCUT2D eigenvalue weighted by molar-refractivity contribution is 0.241. The highest BCUT2D eigenvalue weighted by atomic mass is 35.5. The summed E-state index contributed by atoms with van der Waals surface area (Å²) in [6.45, 7) is 2.88. The molecule has 0 radical (unpaired) electrons. The van der Waals surface area contributed by atoms with Crippen molar-refractivity contribution in [1.29, 1.82) is 0 Å². The Morgan fingerprint density at radius 3 is 2.91 bits per heavy atom. The summed E-state index contributed by atoms with van der Waals surface area (Å²) in [5.41, 5.74) is 1.28. The van der Waals surface area contributed by atoms with Gasteiger partial charge < -0.3 is 9.54 Å². The SMILES string of the molecule is C[C@H]1CN(S(=O)[O-])CC[C@H]1c1[nH]c(-c2ccc(F)cn2)nc1Cl. The summed E-state index contributed by atoms with van der Waals surface area (Å²) in [7, 11) is 0. The lowest BCUT2D eigenvalue weighted by Gasteiger charge is -2.37. The van der Waals surface area contributed by atoms with E-state index in [2.05, 4.69) is 15.0 Å². The van der Waals surface area contributed by atoms with Crippen LogP contribution in [-0.4, -0.2) is 41.1 Å². The van der Waals surface area contributed by atoms with Crippen molar-refractivity contribution < 1.29 is 13.2 Å². The van der Waals surface area contributed by atoms with E-state index >= 15 is 0 Å². The number of rotatable bonds is 3. The monoisotopic (exact) mass is 357 g/mol. The van der Waals surface area contributed by atoms with E-state index < -0.39 is 17.1 Å². The van der Waals surface area contributed by atoms with Gasteiger partial charge >= 0.3 is 0 Å². The average molecular weight is 358 g/mol. The molecule has 3 rings (SSSR count). The second kappa shape index (κ2) is 6.64. The normalized spacial score (nSPS) is 23.8. The van der Waals surface area contributed by atoms with E-state index in [0.717, 1.165) is 11.9 Å². The van der Waals surface area contributed by atoms with Gasteiger partial charge in [-0.3, -0.25) is 4.21 Å². The number of aromatic nitrogens is 3. The van der Waals surface area contributed by atoms with Gasteiger partial charge in [0.1, 0.15) is 11.5 Å². The largest absolute Gasteiger partial charge is 0.760 e. The number of H-pyrrole nitrogens is 1. The Bertz CT molecular complexity index is 724. The number of halogens is 2. The Kier molecular flexibility index (Phi) is 4.77. The summed E-state index contributed by atoms with van der Waals surface area (Å²) < 4.78 is 36.5. The maximum Gasteiger partial charge on any atom is 0.158 e. The minimum Gasteiger partial charge on any atom is -0.760 e. The van der Waals surface area contributed by atoms with Crippen LogP contribution >= 0.6 is 11.6 Å². The van der Waals surface area contributed by atoms with E-state index in [1.165, 1.54) is 16.4 Å². The van der Waals surface area contributed by atoms with Gasteiger partial charge in [0, 0.05) is 30.3 Å². The zero-order valence-corrected chi connectivity index (χ0v) is 13.9. The molecule has 0 aliphatic carbocycles. The number of nitrogens with one attached hydrogen (secondary N) is 1. The highest BCUT2D eigenvalue weighted by Gasteiger charge is 2.31. The smallest absolute Gasteiger partial charge is 0.158 e. The van der Waals surface area contributed by atoms with Gasteiger partial charge in [-0.2, -0.15) is 0 Å². The van der Waals surface area contributed by atoms with Gasteiger partial charge in [0.25, 0.3) is 0 Å². The van der Waals surface area contributed by atoms with Crippen molar-refractivity contribution in [3.05, 3.63) is 35.0 Å². The number of pyridine rings is 1. The van der Waals surface area contributed by atoms with Crippen LogP contribution in [-0.2, 0) is 11.3 Å². The predicted octanol–water partition coefficient (Wildman–Crippen LogP) is 2.48. The first kappa shape index (κ1) is 16.5. The minimum absolute atomic E-state index is 0.0870. The lowest BCUT2D eigenvalue weighted by Crippen LogP contribution is -2.39. The molecule has 1 aliphatic rings. The molecule has 3 heterocycles. The zero-order valence-electron chi connectivity index (χ0n) is 12.3. The predicted molar refractivity (Wildman–Crippen MR) is 83.8 cm³/mol. The molecule has 0 bridgehead atoms. The van der Waals surface area contributed by atoms with Crippen molar-refractivity contribution >= 4 is 22.9 Å². The first-order chi connectivity index (χ1) is 11.0. The van der Waals surface area contributed by atoms with Crippen LogP contribution in [0.3, 0.4) is 0 Å². The maximum atomic E-state index is 13.0. The van der Waals surface area contributed by atoms with Crippen LogP contribution in [0.2, 0.25) is 5.15 Å². The number of nitrogens with zero attached hydrogens (tertiary/aromatic N) is 3. The molecule has 0 amide bonds. The molecule has 1 aliphatic heterocycles. The van der Waals surface area contributed by atoms with E-state index in [-0.39, 0.29) is 11.8 Å². The maximum absolute atomic E-state index is 13.0. The Balaban J connectivity index is 1.84. The molecule has 0 spiro atoms. The molecule has 1 fully saturated rings. The second-order valence-corrected chi connectivity index (χ2v) is 6.94. The van der Waals surface area contributed by atoms with Gasteiger partial charge in [0.05, 0.1) is 11.9 Å². The highest BCUT2D eigenvalue weighted by molar-refractivity contribution is 7.76. The second-order valence-electron chi connectivity index (χ2n) is 5.63. The number of aromatic amines is 1. The molecule has 0 saturated carbocycles. The molecular weight excluding hydrogens is 343 g/mol. The van der Waals surface area contributed by atoms with Crippen molar-refractivity contribution in [3.8, 4) is 11.5 Å². The summed E-state index contributed by atoms with van der Waals surface area (Å²) in [4.78, 5) is 11.4. The van der Waals surface area contributed by atoms with Crippen LogP contribution in [0.4, 0.5) is 4.39 Å². The van der Waals surface area contributed by atoms with Crippen LogP contribution in [0.1, 0.15) is 25.0 Å². The third kappa shape index (κ3) is 3.45. The molecular formula is C14H15ClFN4O2S-. The van der Waals surface area contributed by atoms with Gasteiger partial charge in [-0.1, -0.05) is 18.5 Å². The average Bonchev–Trinajstić information content (AvgIpc) is 2.89. The van der Waals surface area contributed by atoms with Gasteiger partial charge in [-0.15, -0.1) is 0 Å². The van der Waals surface area contributed by atoms with Crippen LogP contribution < -0.4 is 0 Å². The van der Waals surface area contributed by atoms with Gasteiger partial charge in [-0.25, -0.2) is 18.7 Å². The lowest BCUT2D eigenvalue weighted by atomic mass is 9.86. The fraction of sp³-hybridized carbons (Fsp3) is 0.429. The zero-order chi connectivity index (χ0) is 16.6. The fourth-order valence-electron chi connectivity index (χ4n) is 2.92. The molecule has 1 saturated heterocycles. The molecule has 124 valence electrons. The summed E-state index contributed by atoms with van der Waals surface area (Å²) >= 11 is 4.05. The molecule has 23 heavy (non-hydrogen) atoms. The summed E-state index contributed by atoms with van der Waals surface area (Å²) in [6, 6.07) is 2.84. The Labute approximate surface area is 140 Å². The highest BCUT2D eigenvalue weighted by Crippen LogP contribution is 2.36. The van der Waals surface area contributed by atoms with Crippen molar-refractivity contribution in [1.82, 2.24) is 19.3 Å². The molecule has 3 atom stereocenters. The third-order valence-corrected chi connectivity index (χ3v) is 5.15. The van der Waals surface area contributed by atoms with E-state index in [9.17, 15) is 13.2 Å². The fourth-order valence-corrected chi connectivity index (χ4v) is 3.80. The van der Waals surface area contributed by atoms with Crippen LogP contribution in [0.25, 0.3) is 11.5 Å². The molecule has 1 N–H and O–H groups in total. The Hall–Kier alpha value is -1.35. The Morgan fingerprint density at radius 1 is 1.52 bits per heavy atom. The first-order valence-corrected chi connectivity index (χ1v) is 8.58. The number of imidazole rings is 1. The van der Waals surface area contributed by atoms with Crippen molar-refractivity contribution in [2.45, 2.75) is 19.3 Å². The summed E-state index contributed by atoms with van der Waals surface area (Å²) in [6.07, 6.45) is 1.78. The molecule has 0 aromatic carbocycles. The van der Waals surface area contributed by atoms with Crippen LogP contribution in [0, 0.1) is 11.7 Å².